The van der Waals surface area contributed by atoms with E-state index in [0.29, 0.717) is 0 Å². The summed E-state index contributed by atoms with van der Waals surface area (Å²) >= 11 is 0. The van der Waals surface area contributed by atoms with Crippen molar-refractivity contribution in [3.8, 4) is 11.4 Å². The van der Waals surface area contributed by atoms with Gasteiger partial charge in [0, 0.05) is 12.6 Å². The average Bonchev–Trinajstić information content (AvgIpc) is 3.44. The Labute approximate surface area is 181 Å². The molecule has 0 saturated heterocycles. The van der Waals surface area contributed by atoms with Gasteiger partial charge in [0.2, 0.25) is 0 Å². The van der Waals surface area contributed by atoms with Crippen LogP contribution in [0.5, 0.6) is 5.75 Å². The normalized spacial score (nSPS) is 15.9. The largest absolute Gasteiger partial charge is 0.495 e. The highest BCUT2D eigenvalue weighted by Crippen LogP contribution is 2.32. The van der Waals surface area contributed by atoms with Crippen molar-refractivity contribution in [1.29, 1.82) is 0 Å². The van der Waals surface area contributed by atoms with E-state index in [0.717, 1.165) is 53.6 Å². The van der Waals surface area contributed by atoms with Gasteiger partial charge in [0.05, 0.1) is 30.9 Å². The van der Waals surface area contributed by atoms with Gasteiger partial charge in [-0.1, -0.05) is 42.5 Å². The Morgan fingerprint density at radius 1 is 1.06 bits per heavy atom. The van der Waals surface area contributed by atoms with Crippen LogP contribution < -0.4 is 4.74 Å². The van der Waals surface area contributed by atoms with Gasteiger partial charge in [-0.2, -0.15) is 0 Å². The molecule has 0 spiro atoms. The Morgan fingerprint density at radius 2 is 1.94 bits per heavy atom. The minimum Gasteiger partial charge on any atom is -0.495 e. The van der Waals surface area contributed by atoms with E-state index in [4.69, 9.17) is 4.74 Å². The van der Waals surface area contributed by atoms with Crippen LogP contribution in [-0.4, -0.2) is 31.4 Å². The smallest absolute Gasteiger partial charge is 0.157 e. The van der Waals surface area contributed by atoms with Crippen LogP contribution in [0.25, 0.3) is 17.8 Å². The van der Waals surface area contributed by atoms with Crippen molar-refractivity contribution in [2.45, 2.75) is 32.2 Å². The molecule has 4 aromatic rings. The molecule has 6 nitrogen and oxygen atoms in total. The summed E-state index contributed by atoms with van der Waals surface area (Å²) in [6.45, 7) is 1.97. The van der Waals surface area contributed by atoms with Crippen LogP contribution in [0.4, 0.5) is 0 Å². The summed E-state index contributed by atoms with van der Waals surface area (Å²) < 4.78 is 9.90. The zero-order valence-electron chi connectivity index (χ0n) is 17.8. The third-order valence-electron chi connectivity index (χ3n) is 5.79. The van der Waals surface area contributed by atoms with Crippen LogP contribution in [-0.2, 0) is 6.42 Å². The van der Waals surface area contributed by atoms with E-state index >= 15 is 0 Å². The van der Waals surface area contributed by atoms with E-state index in [1.807, 2.05) is 35.9 Å². The third-order valence-corrected chi connectivity index (χ3v) is 5.79. The second-order valence-corrected chi connectivity index (χ2v) is 7.85. The summed E-state index contributed by atoms with van der Waals surface area (Å²) in [5, 5.41) is 8.94. The summed E-state index contributed by atoms with van der Waals surface area (Å²) in [5.41, 5.74) is 4.28. The molecule has 2 aromatic carbocycles. The molecule has 1 atom stereocenters. The fraction of sp³-hybridized carbons (Fsp3) is 0.240. The van der Waals surface area contributed by atoms with Gasteiger partial charge in [-0.05, 0) is 49.1 Å². The monoisotopic (exact) mass is 411 g/mol. The van der Waals surface area contributed by atoms with Crippen molar-refractivity contribution in [1.82, 2.24) is 24.3 Å². The maximum absolute atomic E-state index is 5.64. The van der Waals surface area contributed by atoms with E-state index in [2.05, 4.69) is 62.2 Å². The molecule has 0 radical (unpaired) electrons. The number of aromatic nitrogens is 5. The van der Waals surface area contributed by atoms with E-state index < -0.39 is 0 Å². The Balaban J connectivity index is 1.46. The van der Waals surface area contributed by atoms with Gasteiger partial charge in [0.15, 0.2) is 5.82 Å². The molecule has 3 heterocycles. The molecule has 0 N–H and O–H groups in total. The number of hydrogen-bond acceptors (Lipinski definition) is 4. The molecule has 0 unspecified atom stereocenters. The molecular formula is C25H25N5O. The number of methoxy groups -OCH3 is 1. The molecule has 156 valence electrons. The lowest BCUT2D eigenvalue weighted by molar-refractivity contribution is 0.413. The van der Waals surface area contributed by atoms with Crippen molar-refractivity contribution in [2.24, 2.45) is 0 Å². The van der Waals surface area contributed by atoms with Crippen molar-refractivity contribution < 1.29 is 4.74 Å². The van der Waals surface area contributed by atoms with Gasteiger partial charge in [-0.25, -0.2) is 4.98 Å². The lowest BCUT2D eigenvalue weighted by atomic mass is 9.97. The first-order valence-electron chi connectivity index (χ1n) is 10.6. The number of fused-ring (bicyclic) bond motifs is 1. The molecule has 0 bridgehead atoms. The molecule has 31 heavy (non-hydrogen) atoms. The number of rotatable bonds is 5. The van der Waals surface area contributed by atoms with Gasteiger partial charge in [-0.15, -0.1) is 10.2 Å². The van der Waals surface area contributed by atoms with E-state index in [1.165, 1.54) is 5.56 Å². The fourth-order valence-electron chi connectivity index (χ4n) is 4.27. The van der Waals surface area contributed by atoms with E-state index in [-0.39, 0.29) is 6.04 Å². The maximum atomic E-state index is 5.64. The first-order chi connectivity index (χ1) is 15.2. The SMILES string of the molecule is COc1cc(/C=C/c2nnc3n2[C@H](c2ccccc2)CCC3)ccc1-n1cnc(C)c1. The molecule has 5 rings (SSSR count). The highest BCUT2D eigenvalue weighted by Gasteiger charge is 2.24. The zero-order valence-corrected chi connectivity index (χ0v) is 17.8. The highest BCUT2D eigenvalue weighted by atomic mass is 16.5. The maximum Gasteiger partial charge on any atom is 0.157 e. The summed E-state index contributed by atoms with van der Waals surface area (Å²) in [7, 11) is 1.69. The standard InChI is InChI=1S/C25H25N5O/c1-18-16-29(17-26-18)22-13-11-19(15-23(22)31-2)12-14-25-28-27-24-10-6-9-21(30(24)25)20-7-4-3-5-8-20/h3-5,7-8,11-17,21H,6,9-10H2,1-2H3/b14-12+/t21-/m0/s1. The number of ether oxygens (including phenoxy) is 1. The summed E-state index contributed by atoms with van der Waals surface area (Å²) in [5.74, 6) is 2.74. The number of aryl methyl sites for hydroxylation is 2. The van der Waals surface area contributed by atoms with E-state index in [9.17, 15) is 0 Å². The van der Waals surface area contributed by atoms with Crippen LogP contribution in [0.15, 0.2) is 61.1 Å². The Hall–Kier alpha value is -3.67. The quantitative estimate of drug-likeness (QED) is 0.470. The lowest BCUT2D eigenvalue weighted by Gasteiger charge is -2.26. The molecule has 0 amide bonds. The summed E-state index contributed by atoms with van der Waals surface area (Å²) in [6.07, 6.45) is 11.1. The minimum absolute atomic E-state index is 0.279. The molecule has 0 saturated carbocycles. The number of nitrogens with zero attached hydrogens (tertiary/aromatic N) is 5. The van der Waals surface area contributed by atoms with Crippen molar-refractivity contribution in [3.63, 3.8) is 0 Å². The molecule has 1 aliphatic rings. The number of hydrogen-bond donors (Lipinski definition) is 0. The molecule has 1 aliphatic heterocycles. The average molecular weight is 412 g/mol. The van der Waals surface area contributed by atoms with E-state index in [1.54, 1.807) is 13.4 Å². The van der Waals surface area contributed by atoms with Crippen LogP contribution in [0.1, 0.15) is 47.4 Å². The van der Waals surface area contributed by atoms with Crippen molar-refractivity contribution in [3.05, 3.63) is 89.5 Å². The first-order valence-corrected chi connectivity index (χ1v) is 10.6. The predicted octanol–water partition coefficient (Wildman–Crippen LogP) is 4.88. The molecular weight excluding hydrogens is 386 g/mol. The van der Waals surface area contributed by atoms with Gasteiger partial charge >= 0.3 is 0 Å². The summed E-state index contributed by atoms with van der Waals surface area (Å²) in [6, 6.07) is 17.1. The number of imidazole rings is 1. The van der Waals surface area contributed by atoms with Crippen molar-refractivity contribution >= 4 is 12.2 Å². The van der Waals surface area contributed by atoms with Gasteiger partial charge in [0.1, 0.15) is 11.6 Å². The van der Waals surface area contributed by atoms with Gasteiger partial charge in [0.25, 0.3) is 0 Å². The van der Waals surface area contributed by atoms with Crippen LogP contribution in [0.2, 0.25) is 0 Å². The third kappa shape index (κ3) is 3.77. The topological polar surface area (TPSA) is 57.8 Å². The zero-order chi connectivity index (χ0) is 21.2. The lowest BCUT2D eigenvalue weighted by Crippen LogP contribution is -2.20. The Bertz CT molecular complexity index is 1220. The summed E-state index contributed by atoms with van der Waals surface area (Å²) in [4.78, 5) is 4.31. The molecule has 6 heteroatoms. The molecule has 2 aromatic heterocycles. The first kappa shape index (κ1) is 19.3. The fourth-order valence-corrected chi connectivity index (χ4v) is 4.27. The second kappa shape index (κ2) is 8.22. The predicted molar refractivity (Wildman–Crippen MR) is 121 cm³/mol. The highest BCUT2D eigenvalue weighted by molar-refractivity contribution is 5.69. The minimum atomic E-state index is 0.279. The number of benzene rings is 2. The second-order valence-electron chi connectivity index (χ2n) is 7.85. The molecule has 0 aliphatic carbocycles. The van der Waals surface area contributed by atoms with Crippen LogP contribution >= 0.6 is 0 Å². The van der Waals surface area contributed by atoms with Crippen LogP contribution in [0.3, 0.4) is 0 Å². The van der Waals surface area contributed by atoms with Crippen LogP contribution in [0, 0.1) is 6.92 Å². The molecule has 0 fully saturated rings. The Morgan fingerprint density at radius 3 is 2.71 bits per heavy atom. The van der Waals surface area contributed by atoms with Gasteiger partial charge in [-0.3, -0.25) is 0 Å². The Kier molecular flexibility index (Phi) is 5.12. The van der Waals surface area contributed by atoms with Gasteiger partial charge < -0.3 is 13.9 Å². The van der Waals surface area contributed by atoms with Crippen molar-refractivity contribution in [2.75, 3.05) is 7.11 Å².